The monoisotopic (exact) mass is 1060 g/mol. The van der Waals surface area contributed by atoms with Gasteiger partial charge in [-0.05, 0) is 244 Å². The number of terminal acetylenes is 2. The van der Waals surface area contributed by atoms with E-state index in [-0.39, 0.29) is 47.3 Å². The van der Waals surface area contributed by atoms with Crippen LogP contribution in [0.1, 0.15) is 176 Å². The lowest BCUT2D eigenvalue weighted by Crippen LogP contribution is -2.41. The lowest BCUT2D eigenvalue weighted by molar-refractivity contribution is 0.0877. The van der Waals surface area contributed by atoms with Crippen molar-refractivity contribution >= 4 is 78.1 Å². The first kappa shape index (κ1) is 50.8. The Morgan fingerprint density at radius 2 is 0.585 bits per heavy atom. The minimum atomic E-state index is -0.313. The highest BCUT2D eigenvalue weighted by Crippen LogP contribution is 2.54. The van der Waals surface area contributed by atoms with Crippen LogP contribution in [0.15, 0.2) is 121 Å². The molecule has 6 heteroatoms. The summed E-state index contributed by atoms with van der Waals surface area (Å²) in [5, 5.41) is 7.94. The number of benzene rings is 10. The molecular weight excluding hydrogens is 1000 g/mol. The molecule has 398 valence electrons. The van der Waals surface area contributed by atoms with E-state index in [2.05, 4.69) is 154 Å². The highest BCUT2D eigenvalue weighted by atomic mass is 16.2. The molecule has 2 aliphatic carbocycles. The molecule has 0 aromatic heterocycles. The van der Waals surface area contributed by atoms with Gasteiger partial charge in [0.05, 0.1) is 11.4 Å². The fourth-order valence-corrected chi connectivity index (χ4v) is 14.2. The van der Waals surface area contributed by atoms with E-state index in [9.17, 15) is 19.2 Å². The van der Waals surface area contributed by atoms with Gasteiger partial charge in [-0.15, -0.1) is 12.8 Å². The molecule has 6 nitrogen and oxygen atoms in total. The van der Waals surface area contributed by atoms with Gasteiger partial charge < -0.3 is 0 Å². The van der Waals surface area contributed by atoms with Crippen molar-refractivity contribution in [2.24, 2.45) is 0 Å². The predicted octanol–water partition coefficient (Wildman–Crippen LogP) is 18.1. The van der Waals surface area contributed by atoms with Crippen LogP contribution >= 0.6 is 0 Å². The number of hydrogen-bond acceptors (Lipinski definition) is 4. The molecule has 0 saturated heterocycles. The summed E-state index contributed by atoms with van der Waals surface area (Å²) in [6.45, 7) is 21.0. The maximum Gasteiger partial charge on any atom is 0.266 e. The second kappa shape index (κ2) is 18.1. The third kappa shape index (κ3) is 7.10. The molecule has 82 heavy (non-hydrogen) atoms. The Labute approximate surface area is 478 Å². The highest BCUT2D eigenvalue weighted by molar-refractivity contribution is 6.40. The van der Waals surface area contributed by atoms with E-state index in [0.29, 0.717) is 33.6 Å². The van der Waals surface area contributed by atoms with Crippen molar-refractivity contribution in [1.29, 1.82) is 0 Å². The molecule has 0 atom stereocenters. The topological polar surface area (TPSA) is 74.8 Å². The van der Waals surface area contributed by atoms with Crippen LogP contribution in [0.3, 0.4) is 0 Å². The summed E-state index contributed by atoms with van der Waals surface area (Å²) in [6.07, 6.45) is 13.5. The quantitative estimate of drug-likeness (QED) is 0.107. The van der Waals surface area contributed by atoms with E-state index in [0.717, 1.165) is 134 Å². The summed E-state index contributed by atoms with van der Waals surface area (Å²) in [7, 11) is 0. The smallest absolute Gasteiger partial charge is 0.266 e. The number of nitrogens with zero attached hydrogens (tertiary/aromatic N) is 2. The molecule has 10 aromatic carbocycles. The van der Waals surface area contributed by atoms with Crippen molar-refractivity contribution in [1.82, 2.24) is 0 Å². The number of fused-ring (bicyclic) bond motifs is 8. The molecule has 10 aromatic rings. The van der Waals surface area contributed by atoms with E-state index in [1.165, 1.54) is 32.1 Å². The van der Waals surface area contributed by atoms with E-state index in [1.54, 1.807) is 0 Å². The van der Waals surface area contributed by atoms with Crippen LogP contribution in [0.2, 0.25) is 0 Å². The summed E-state index contributed by atoms with van der Waals surface area (Å²) in [6, 6.07) is 42.2. The Kier molecular flexibility index (Phi) is 11.2. The average molecular weight is 1070 g/mol. The summed E-state index contributed by atoms with van der Waals surface area (Å²) in [5.74, 6) is 4.42. The van der Waals surface area contributed by atoms with Gasteiger partial charge in [0.1, 0.15) is 0 Å². The zero-order chi connectivity index (χ0) is 57.2. The highest BCUT2D eigenvalue weighted by Gasteiger charge is 2.42. The van der Waals surface area contributed by atoms with Crippen LogP contribution in [0.5, 0.6) is 0 Å². The first-order valence-corrected chi connectivity index (χ1v) is 28.8. The van der Waals surface area contributed by atoms with Gasteiger partial charge in [0, 0.05) is 44.2 Å². The molecule has 0 saturated carbocycles. The Hall–Kier alpha value is -9.36. The van der Waals surface area contributed by atoms with Crippen LogP contribution in [0.4, 0.5) is 11.4 Å². The van der Waals surface area contributed by atoms with Gasteiger partial charge in [0.2, 0.25) is 0 Å². The summed E-state index contributed by atoms with van der Waals surface area (Å²) >= 11 is 0. The number of imide groups is 2. The standard InChI is InChI=1S/C76H60N2O4/c1-13-43-27-59(37(3)4)71(60(28-43)38(5)6)77-73(79)55-21-17-51-63-33-47-25-41(11)45(31-49(47)35-65(63)53-19-23-57(75(77)81)69(55)67(51)53)15-16-46-32-50-36-66-54-20-24-58-70-56(22-18-52(68(54)70)64(66)34-48(50)26-42(46)12)74(80)78(76(58)82)72-61(39(7)8)29-44(14-2)30-62(72)40(9)10/h1-2,17-40H,15-16H2,3-12H3. The van der Waals surface area contributed by atoms with Gasteiger partial charge in [-0.3, -0.25) is 19.2 Å². The maximum absolute atomic E-state index is 14.9. The fourth-order valence-electron chi connectivity index (χ4n) is 14.2. The lowest BCUT2D eigenvalue weighted by atomic mass is 9.86. The van der Waals surface area contributed by atoms with Gasteiger partial charge in [-0.1, -0.05) is 116 Å². The van der Waals surface area contributed by atoms with Crippen LogP contribution in [0, 0.1) is 38.5 Å². The molecular formula is C76H60N2O4. The largest absolute Gasteiger partial charge is 0.268 e. The SMILES string of the molecule is C#Cc1cc(C(C)C)c(N2C(=O)c3ccc4c5c(ccc(c35)C2=O)-c2cc3cc(CCc5cc6cc7c(cc6cc5C)-c5ccc6c8c(ccc-7c58)C(=O)N(c5c(C(C)C)cc(C#C)cc5C(C)C)C6=O)c(C)cc3cc2-4)c(C(C)C)c1. The Morgan fingerprint density at radius 1 is 0.341 bits per heavy atom. The number of rotatable bonds is 9. The van der Waals surface area contributed by atoms with E-state index >= 15 is 0 Å². The summed E-state index contributed by atoms with van der Waals surface area (Å²) in [4.78, 5) is 62.3. The van der Waals surface area contributed by atoms with E-state index < -0.39 is 0 Å². The van der Waals surface area contributed by atoms with Gasteiger partial charge in [-0.25, -0.2) is 9.80 Å². The van der Waals surface area contributed by atoms with E-state index in [1.807, 2.05) is 48.5 Å². The molecule has 4 aliphatic rings. The molecule has 2 aliphatic heterocycles. The number of amides is 4. The minimum absolute atomic E-state index is 0.0221. The molecule has 4 amide bonds. The van der Waals surface area contributed by atoms with Crippen LogP contribution in [0.25, 0.3) is 87.6 Å². The number of aryl methyl sites for hydroxylation is 4. The van der Waals surface area contributed by atoms with Crippen LogP contribution < -0.4 is 9.80 Å². The fraction of sp³-hybridized carbons (Fsp3) is 0.211. The third-order valence-corrected chi connectivity index (χ3v) is 18.3. The second-order valence-electron chi connectivity index (χ2n) is 24.5. The molecule has 0 bridgehead atoms. The molecule has 2 heterocycles. The summed E-state index contributed by atoms with van der Waals surface area (Å²) < 4.78 is 0. The average Bonchev–Trinajstić information content (AvgIpc) is 1.64. The van der Waals surface area contributed by atoms with Crippen molar-refractivity contribution in [3.8, 4) is 69.2 Å². The Morgan fingerprint density at radius 3 is 0.841 bits per heavy atom. The number of carbonyl (C=O) groups is 4. The lowest BCUT2D eigenvalue weighted by Gasteiger charge is -2.32. The molecule has 0 fully saturated rings. The van der Waals surface area contributed by atoms with Gasteiger partial charge >= 0.3 is 0 Å². The molecule has 0 radical (unpaired) electrons. The minimum Gasteiger partial charge on any atom is -0.268 e. The molecule has 0 unspecified atom stereocenters. The second-order valence-corrected chi connectivity index (χ2v) is 24.5. The number of carbonyl (C=O) groups excluding carboxylic acids is 4. The predicted molar refractivity (Wildman–Crippen MR) is 336 cm³/mol. The van der Waals surface area contributed by atoms with Crippen LogP contribution in [-0.4, -0.2) is 23.6 Å². The zero-order valence-electron chi connectivity index (χ0n) is 48.0. The van der Waals surface area contributed by atoms with E-state index in [4.69, 9.17) is 12.8 Å². The molecule has 14 rings (SSSR count). The van der Waals surface area contributed by atoms with Crippen molar-refractivity contribution in [2.45, 2.75) is 106 Å². The third-order valence-electron chi connectivity index (χ3n) is 18.3. The Balaban J connectivity index is 0.776. The van der Waals surface area contributed by atoms with Gasteiger partial charge in [-0.2, -0.15) is 0 Å². The maximum atomic E-state index is 14.9. The van der Waals surface area contributed by atoms with Crippen molar-refractivity contribution in [3.63, 3.8) is 0 Å². The first-order valence-electron chi connectivity index (χ1n) is 28.8. The van der Waals surface area contributed by atoms with Gasteiger partial charge in [0.15, 0.2) is 0 Å². The van der Waals surface area contributed by atoms with Gasteiger partial charge in [0.25, 0.3) is 23.6 Å². The summed E-state index contributed by atoms with van der Waals surface area (Å²) in [5.41, 5.74) is 22.0. The number of anilines is 2. The Bertz CT molecular complexity index is 4370. The molecule has 0 N–H and O–H groups in total. The zero-order valence-corrected chi connectivity index (χ0v) is 48.0. The number of hydrogen-bond donors (Lipinski definition) is 0. The van der Waals surface area contributed by atoms with Crippen molar-refractivity contribution < 1.29 is 19.2 Å². The van der Waals surface area contributed by atoms with Crippen LogP contribution in [-0.2, 0) is 12.8 Å². The van der Waals surface area contributed by atoms with Crippen molar-refractivity contribution in [2.75, 3.05) is 9.80 Å². The first-order chi connectivity index (χ1) is 39.4. The van der Waals surface area contributed by atoms with Crippen molar-refractivity contribution in [3.05, 3.63) is 199 Å². The molecule has 0 spiro atoms. The normalized spacial score (nSPS) is 13.8.